The minimum atomic E-state index is -1.03. The number of halogens is 3. The Bertz CT molecular complexity index is 1650. The van der Waals surface area contributed by atoms with Crippen LogP contribution < -0.4 is 0 Å². The lowest BCUT2D eigenvalue weighted by Gasteiger charge is -2.34. The largest absolute Gasteiger partial charge is 0.442 e. The van der Waals surface area contributed by atoms with Crippen molar-refractivity contribution in [1.82, 2.24) is 24.5 Å². The number of hydrogen-bond acceptors (Lipinski definition) is 5. The minimum absolute atomic E-state index is 0.0223. The van der Waals surface area contributed by atoms with E-state index in [2.05, 4.69) is 10.2 Å². The van der Waals surface area contributed by atoms with Crippen LogP contribution in [0.3, 0.4) is 0 Å². The fourth-order valence-electron chi connectivity index (χ4n) is 5.44. The number of ether oxygens (including phenoxy) is 1. The summed E-state index contributed by atoms with van der Waals surface area (Å²) in [6.07, 6.45) is 7.81. The molecule has 3 aromatic rings. The van der Waals surface area contributed by atoms with Crippen LogP contribution in [0.5, 0.6) is 0 Å². The summed E-state index contributed by atoms with van der Waals surface area (Å²) in [5.74, 6) is -2.71. The number of hydrogen-bond donors (Lipinski definition) is 0. The van der Waals surface area contributed by atoms with Crippen LogP contribution in [0.2, 0.25) is 0 Å². The molecule has 11 heteroatoms. The Balaban J connectivity index is 1.37. The summed E-state index contributed by atoms with van der Waals surface area (Å²) in [5.41, 5.74) is 2.48. The van der Waals surface area contributed by atoms with Crippen LogP contribution in [-0.4, -0.2) is 54.1 Å². The summed E-state index contributed by atoms with van der Waals surface area (Å²) in [4.78, 5) is 28.6. The molecule has 1 unspecified atom stereocenters. The van der Waals surface area contributed by atoms with Crippen LogP contribution >= 0.6 is 0 Å². The second kappa shape index (κ2) is 11.9. The van der Waals surface area contributed by atoms with Crippen molar-refractivity contribution in [2.45, 2.75) is 91.0 Å². The van der Waals surface area contributed by atoms with Gasteiger partial charge in [-0.05, 0) is 90.0 Å². The summed E-state index contributed by atoms with van der Waals surface area (Å²) in [6, 6.07) is 5.42. The summed E-state index contributed by atoms with van der Waals surface area (Å²) < 4.78 is 49.6. The first kappa shape index (κ1) is 30.3. The van der Waals surface area contributed by atoms with E-state index in [1.807, 2.05) is 4.90 Å². The van der Waals surface area contributed by atoms with Crippen molar-refractivity contribution >= 4 is 22.9 Å². The quantitative estimate of drug-likeness (QED) is 0.271. The van der Waals surface area contributed by atoms with Crippen molar-refractivity contribution in [3.63, 3.8) is 0 Å². The molecule has 0 spiro atoms. The van der Waals surface area contributed by atoms with E-state index in [4.69, 9.17) is 4.74 Å². The molecule has 228 valence electrons. The van der Waals surface area contributed by atoms with E-state index in [0.29, 0.717) is 41.5 Å². The van der Waals surface area contributed by atoms with E-state index >= 15 is 0 Å². The number of aromatic nitrogens is 4. The normalized spacial score (nSPS) is 18.4. The van der Waals surface area contributed by atoms with Gasteiger partial charge in [-0.15, -0.1) is 0 Å². The molecule has 1 amide bonds. The Labute approximate surface area is 248 Å². The van der Waals surface area contributed by atoms with E-state index in [1.54, 1.807) is 56.0 Å². The summed E-state index contributed by atoms with van der Waals surface area (Å²) in [7, 11) is 0. The Morgan fingerprint density at radius 1 is 1.09 bits per heavy atom. The molecule has 0 aliphatic heterocycles. The molecule has 2 aromatic heterocycles. The van der Waals surface area contributed by atoms with Gasteiger partial charge in [-0.3, -0.25) is 9.48 Å². The zero-order chi connectivity index (χ0) is 31.1. The highest BCUT2D eigenvalue weighted by atomic mass is 19.1. The van der Waals surface area contributed by atoms with Gasteiger partial charge in [0.1, 0.15) is 17.3 Å². The second-order valence-corrected chi connectivity index (χ2v) is 12.3. The third-order valence-corrected chi connectivity index (χ3v) is 7.51. The third kappa shape index (κ3) is 6.92. The van der Waals surface area contributed by atoms with Crippen LogP contribution in [0.1, 0.15) is 75.5 Å². The molecular weight excluding hydrogens is 559 g/mol. The smallest absolute Gasteiger partial charge is 0.435 e. The highest BCUT2D eigenvalue weighted by molar-refractivity contribution is 6.06. The van der Waals surface area contributed by atoms with Gasteiger partial charge >= 0.3 is 6.09 Å². The maximum Gasteiger partial charge on any atom is 0.435 e. The van der Waals surface area contributed by atoms with Gasteiger partial charge in [0, 0.05) is 35.8 Å². The number of fused-ring (bicyclic) bond motifs is 2. The maximum atomic E-state index is 14.6. The standard InChI is InChI=1S/C32H36F3N5O3/c1-19(27(35)15-22(34)13-20(2)33)17-38-29-8-6-7-25(26(29)16-36-38)30(41)40(23-9-10-23)24-11-12-28-21(14-24)18-39(37-28)31(42)43-32(3,4)5/h6-8,13,15-16,18,23-24H,9-12,14,17H2,1-5H3/b20-13+,22-15+,27-19-. The van der Waals surface area contributed by atoms with Gasteiger partial charge in [-0.25, -0.2) is 18.0 Å². The Kier molecular flexibility index (Phi) is 8.36. The van der Waals surface area contributed by atoms with Crippen molar-refractivity contribution < 1.29 is 27.5 Å². The molecule has 8 nitrogen and oxygen atoms in total. The van der Waals surface area contributed by atoms with Gasteiger partial charge in [-0.2, -0.15) is 14.9 Å². The Morgan fingerprint density at radius 2 is 1.84 bits per heavy atom. The lowest BCUT2D eigenvalue weighted by atomic mass is 9.91. The topological polar surface area (TPSA) is 82.3 Å². The summed E-state index contributed by atoms with van der Waals surface area (Å²) in [5, 5.41) is 9.49. The average molecular weight is 596 g/mol. The number of aryl methyl sites for hydroxylation is 1. The van der Waals surface area contributed by atoms with Gasteiger partial charge in [0.05, 0.1) is 35.3 Å². The monoisotopic (exact) mass is 595 g/mol. The first-order valence-electron chi connectivity index (χ1n) is 14.4. The highest BCUT2D eigenvalue weighted by Gasteiger charge is 2.40. The molecule has 2 aliphatic carbocycles. The minimum Gasteiger partial charge on any atom is -0.442 e. The third-order valence-electron chi connectivity index (χ3n) is 7.51. The molecule has 0 radical (unpaired) electrons. The van der Waals surface area contributed by atoms with E-state index in [-0.39, 0.29) is 30.1 Å². The number of carbonyl (C=O) groups is 2. The van der Waals surface area contributed by atoms with E-state index in [9.17, 15) is 22.8 Å². The van der Waals surface area contributed by atoms with Gasteiger partial charge in [0.15, 0.2) is 0 Å². The van der Waals surface area contributed by atoms with Gasteiger partial charge < -0.3 is 9.64 Å². The predicted octanol–water partition coefficient (Wildman–Crippen LogP) is 7.15. The van der Waals surface area contributed by atoms with Crippen LogP contribution in [0, 0.1) is 0 Å². The molecule has 1 fully saturated rings. The lowest BCUT2D eigenvalue weighted by Crippen LogP contribution is -2.44. The van der Waals surface area contributed by atoms with Crippen molar-refractivity contribution in [2.24, 2.45) is 0 Å². The van der Waals surface area contributed by atoms with E-state index < -0.39 is 29.2 Å². The van der Waals surface area contributed by atoms with E-state index in [1.165, 1.54) is 11.6 Å². The lowest BCUT2D eigenvalue weighted by molar-refractivity contribution is 0.0513. The fourth-order valence-corrected chi connectivity index (χ4v) is 5.44. The van der Waals surface area contributed by atoms with Crippen LogP contribution in [-0.2, 0) is 24.1 Å². The molecular formula is C32H36F3N5O3. The first-order chi connectivity index (χ1) is 20.3. The fraction of sp³-hybridized carbons (Fsp3) is 0.438. The molecule has 1 atom stereocenters. The SMILES string of the molecule is C\C(Cn1ncc2c(C(=O)N(C3CC3)C3CCc4nn(C(=O)OC(C)(C)C)cc4C3)cccc21)=C(F)/C=C(F)\C=C(/C)F. The molecule has 1 aromatic carbocycles. The van der Waals surface area contributed by atoms with Gasteiger partial charge in [0.2, 0.25) is 0 Å². The number of benzene rings is 1. The van der Waals surface area contributed by atoms with Gasteiger partial charge in [-0.1, -0.05) is 6.07 Å². The number of nitrogens with zero attached hydrogens (tertiary/aromatic N) is 5. The van der Waals surface area contributed by atoms with Gasteiger partial charge in [0.25, 0.3) is 5.91 Å². The van der Waals surface area contributed by atoms with Crippen molar-refractivity contribution in [2.75, 3.05) is 0 Å². The highest BCUT2D eigenvalue weighted by Crippen LogP contribution is 2.36. The molecule has 0 bridgehead atoms. The first-order valence-corrected chi connectivity index (χ1v) is 14.4. The zero-order valence-electron chi connectivity index (χ0n) is 25.0. The molecule has 0 N–H and O–H groups in total. The Hall–Kier alpha value is -4.15. The molecule has 0 saturated heterocycles. The van der Waals surface area contributed by atoms with Crippen molar-refractivity contribution in [3.05, 3.63) is 82.6 Å². The molecule has 43 heavy (non-hydrogen) atoms. The molecule has 2 heterocycles. The average Bonchev–Trinajstić information content (AvgIpc) is 3.51. The van der Waals surface area contributed by atoms with Crippen LogP contribution in [0.15, 0.2) is 65.8 Å². The van der Waals surface area contributed by atoms with Crippen LogP contribution in [0.25, 0.3) is 10.9 Å². The predicted molar refractivity (Wildman–Crippen MR) is 156 cm³/mol. The number of carbonyl (C=O) groups excluding carboxylic acids is 2. The molecule has 2 aliphatic rings. The number of allylic oxidation sites excluding steroid dienone is 6. The zero-order valence-corrected chi connectivity index (χ0v) is 25.0. The summed E-state index contributed by atoms with van der Waals surface area (Å²) >= 11 is 0. The summed E-state index contributed by atoms with van der Waals surface area (Å²) in [6.45, 7) is 8.01. The number of rotatable bonds is 7. The van der Waals surface area contributed by atoms with E-state index in [0.717, 1.165) is 37.4 Å². The Morgan fingerprint density at radius 3 is 2.51 bits per heavy atom. The van der Waals surface area contributed by atoms with Crippen LogP contribution in [0.4, 0.5) is 18.0 Å². The number of amides is 1. The van der Waals surface area contributed by atoms with Crippen molar-refractivity contribution in [1.29, 1.82) is 0 Å². The molecule has 5 rings (SSSR count). The second-order valence-electron chi connectivity index (χ2n) is 12.3. The molecule has 1 saturated carbocycles. The maximum absolute atomic E-state index is 14.6. The van der Waals surface area contributed by atoms with Crippen molar-refractivity contribution in [3.8, 4) is 0 Å².